The normalized spacial score (nSPS) is 22.9. The summed E-state index contributed by atoms with van der Waals surface area (Å²) in [6.45, 7) is 3.38. The average Bonchev–Trinajstić information content (AvgIpc) is 2.52. The van der Waals surface area contributed by atoms with E-state index in [1.165, 1.54) is 30.6 Å². The van der Waals surface area contributed by atoms with Gasteiger partial charge in [0.2, 0.25) is 0 Å². The van der Waals surface area contributed by atoms with Crippen LogP contribution in [0.3, 0.4) is 0 Å². The lowest BCUT2D eigenvalue weighted by molar-refractivity contribution is 0.307. The van der Waals surface area contributed by atoms with Crippen molar-refractivity contribution in [3.63, 3.8) is 0 Å². The molecule has 1 aliphatic rings. The van der Waals surface area contributed by atoms with Crippen molar-refractivity contribution in [2.45, 2.75) is 32.2 Å². The molecule has 0 radical (unpaired) electrons. The molecule has 1 aliphatic heterocycles. The molecule has 0 bridgehead atoms. The summed E-state index contributed by atoms with van der Waals surface area (Å²) >= 11 is 0. The van der Waals surface area contributed by atoms with Gasteiger partial charge in [-0.15, -0.1) is 0 Å². The van der Waals surface area contributed by atoms with Gasteiger partial charge in [-0.2, -0.15) is 0 Å². The van der Waals surface area contributed by atoms with Crippen LogP contribution < -0.4 is 0 Å². The lowest BCUT2D eigenvalue weighted by Gasteiger charge is -2.18. The average molecular weight is 190 g/mol. The topological polar surface area (TPSA) is 16.1 Å². The maximum atomic E-state index is 4.41. The van der Waals surface area contributed by atoms with Gasteiger partial charge >= 0.3 is 0 Å². The van der Waals surface area contributed by atoms with Gasteiger partial charge in [0.1, 0.15) is 0 Å². The van der Waals surface area contributed by atoms with E-state index in [2.05, 4.69) is 36.0 Å². The van der Waals surface area contributed by atoms with Crippen LogP contribution in [0.15, 0.2) is 18.3 Å². The number of pyridine rings is 1. The van der Waals surface area contributed by atoms with Crippen molar-refractivity contribution in [2.24, 2.45) is 0 Å². The van der Waals surface area contributed by atoms with E-state index in [1.54, 1.807) is 0 Å². The molecule has 2 rings (SSSR count). The predicted molar refractivity (Wildman–Crippen MR) is 58.3 cm³/mol. The molecular formula is C12H18N2. The Morgan fingerprint density at radius 2 is 2.43 bits per heavy atom. The molecule has 0 aromatic carbocycles. The molecule has 0 saturated carbocycles. The van der Waals surface area contributed by atoms with Gasteiger partial charge < -0.3 is 4.90 Å². The Bertz CT molecular complexity index is 309. The third kappa shape index (κ3) is 2.13. The second kappa shape index (κ2) is 4.09. The number of aromatic nitrogens is 1. The molecule has 0 spiro atoms. The molecule has 2 nitrogen and oxygen atoms in total. The highest BCUT2D eigenvalue weighted by atomic mass is 15.1. The number of aryl methyl sites for hydroxylation is 1. The Hall–Kier alpha value is -0.890. The van der Waals surface area contributed by atoms with E-state index in [4.69, 9.17) is 0 Å². The Balaban J connectivity index is 2.03. The number of hydrogen-bond donors (Lipinski definition) is 0. The van der Waals surface area contributed by atoms with Crippen LogP contribution >= 0.6 is 0 Å². The minimum Gasteiger partial charge on any atom is -0.303 e. The standard InChI is InChI=1S/C12H18N2/c1-10-5-6-13-11(8-10)9-12-4-3-7-14(12)2/h5-6,8,12H,3-4,7,9H2,1-2H3. The molecule has 76 valence electrons. The summed E-state index contributed by atoms with van der Waals surface area (Å²) in [6.07, 6.45) is 5.69. The van der Waals surface area contributed by atoms with E-state index in [9.17, 15) is 0 Å². The van der Waals surface area contributed by atoms with E-state index in [0.29, 0.717) is 6.04 Å². The van der Waals surface area contributed by atoms with Gasteiger partial charge in [0, 0.05) is 24.4 Å². The number of rotatable bonds is 2. The molecule has 0 N–H and O–H groups in total. The molecule has 2 heteroatoms. The van der Waals surface area contributed by atoms with Crippen LogP contribution in [-0.2, 0) is 6.42 Å². The summed E-state index contributed by atoms with van der Waals surface area (Å²) in [4.78, 5) is 6.86. The molecule has 14 heavy (non-hydrogen) atoms. The van der Waals surface area contributed by atoms with Crippen molar-refractivity contribution in [3.05, 3.63) is 29.6 Å². The van der Waals surface area contributed by atoms with Gasteiger partial charge in [-0.25, -0.2) is 0 Å². The first-order valence-corrected chi connectivity index (χ1v) is 5.37. The van der Waals surface area contributed by atoms with Crippen molar-refractivity contribution in [3.8, 4) is 0 Å². The van der Waals surface area contributed by atoms with Crippen LogP contribution in [0.1, 0.15) is 24.1 Å². The van der Waals surface area contributed by atoms with Gasteiger partial charge in [-0.05, 0) is 51.1 Å². The predicted octanol–water partition coefficient (Wildman–Crippen LogP) is 2.03. The number of hydrogen-bond acceptors (Lipinski definition) is 2. The smallest absolute Gasteiger partial charge is 0.0421 e. The molecule has 1 unspecified atom stereocenters. The van der Waals surface area contributed by atoms with Crippen LogP contribution in [0.25, 0.3) is 0 Å². The fraction of sp³-hybridized carbons (Fsp3) is 0.583. The van der Waals surface area contributed by atoms with Gasteiger partial charge in [0.25, 0.3) is 0 Å². The highest BCUT2D eigenvalue weighted by molar-refractivity contribution is 5.15. The maximum absolute atomic E-state index is 4.41. The molecule has 0 aliphatic carbocycles. The third-order valence-corrected chi connectivity index (χ3v) is 3.09. The second-order valence-corrected chi connectivity index (χ2v) is 4.31. The van der Waals surface area contributed by atoms with Gasteiger partial charge in [-0.3, -0.25) is 4.98 Å². The van der Waals surface area contributed by atoms with Crippen LogP contribution in [0.5, 0.6) is 0 Å². The summed E-state index contributed by atoms with van der Waals surface area (Å²) in [5, 5.41) is 0. The van der Waals surface area contributed by atoms with Gasteiger partial charge in [-0.1, -0.05) is 0 Å². The quantitative estimate of drug-likeness (QED) is 0.709. The first kappa shape index (κ1) is 9.66. The minimum atomic E-state index is 0.712. The SMILES string of the molecule is Cc1ccnc(CC2CCCN2C)c1. The zero-order chi connectivity index (χ0) is 9.97. The largest absolute Gasteiger partial charge is 0.303 e. The highest BCUT2D eigenvalue weighted by Crippen LogP contribution is 2.18. The Kier molecular flexibility index (Phi) is 2.82. The summed E-state index contributed by atoms with van der Waals surface area (Å²) in [5.41, 5.74) is 2.56. The van der Waals surface area contributed by atoms with E-state index < -0.39 is 0 Å². The Morgan fingerprint density at radius 3 is 3.07 bits per heavy atom. The van der Waals surface area contributed by atoms with Crippen molar-refractivity contribution < 1.29 is 0 Å². The van der Waals surface area contributed by atoms with E-state index in [-0.39, 0.29) is 0 Å². The van der Waals surface area contributed by atoms with Gasteiger partial charge in [0.15, 0.2) is 0 Å². The highest BCUT2D eigenvalue weighted by Gasteiger charge is 2.21. The van der Waals surface area contributed by atoms with E-state index in [1.807, 2.05) is 6.20 Å². The minimum absolute atomic E-state index is 0.712. The molecular weight excluding hydrogens is 172 g/mol. The van der Waals surface area contributed by atoms with Crippen LogP contribution in [0.4, 0.5) is 0 Å². The molecule has 1 aromatic rings. The lowest BCUT2D eigenvalue weighted by Crippen LogP contribution is -2.27. The Labute approximate surface area is 86.0 Å². The molecule has 1 aromatic heterocycles. The summed E-state index contributed by atoms with van der Waals surface area (Å²) < 4.78 is 0. The van der Waals surface area contributed by atoms with Crippen molar-refractivity contribution in [1.29, 1.82) is 0 Å². The molecule has 1 atom stereocenters. The number of likely N-dealkylation sites (N-methyl/N-ethyl adjacent to an activating group) is 1. The van der Waals surface area contributed by atoms with Crippen LogP contribution in [-0.4, -0.2) is 29.5 Å². The fourth-order valence-electron chi connectivity index (χ4n) is 2.19. The third-order valence-electron chi connectivity index (χ3n) is 3.09. The zero-order valence-electron chi connectivity index (χ0n) is 9.03. The van der Waals surface area contributed by atoms with Crippen molar-refractivity contribution >= 4 is 0 Å². The van der Waals surface area contributed by atoms with E-state index >= 15 is 0 Å². The van der Waals surface area contributed by atoms with E-state index in [0.717, 1.165) is 6.42 Å². The zero-order valence-corrected chi connectivity index (χ0v) is 9.03. The molecule has 1 saturated heterocycles. The summed E-state index contributed by atoms with van der Waals surface area (Å²) in [5.74, 6) is 0. The number of nitrogens with zero attached hydrogens (tertiary/aromatic N) is 2. The first-order chi connectivity index (χ1) is 6.75. The van der Waals surface area contributed by atoms with Crippen LogP contribution in [0.2, 0.25) is 0 Å². The van der Waals surface area contributed by atoms with Crippen molar-refractivity contribution in [2.75, 3.05) is 13.6 Å². The molecule has 2 heterocycles. The summed E-state index contributed by atoms with van der Waals surface area (Å²) in [7, 11) is 2.22. The molecule has 1 fully saturated rings. The lowest BCUT2D eigenvalue weighted by atomic mass is 10.1. The first-order valence-electron chi connectivity index (χ1n) is 5.37. The summed E-state index contributed by atoms with van der Waals surface area (Å²) in [6, 6.07) is 4.97. The Morgan fingerprint density at radius 1 is 1.57 bits per heavy atom. The maximum Gasteiger partial charge on any atom is 0.0421 e. The monoisotopic (exact) mass is 190 g/mol. The number of likely N-dealkylation sites (tertiary alicyclic amines) is 1. The van der Waals surface area contributed by atoms with Gasteiger partial charge in [0.05, 0.1) is 0 Å². The second-order valence-electron chi connectivity index (χ2n) is 4.31. The van der Waals surface area contributed by atoms with Crippen molar-refractivity contribution in [1.82, 2.24) is 9.88 Å². The molecule has 0 amide bonds. The fourth-order valence-corrected chi connectivity index (χ4v) is 2.19. The van der Waals surface area contributed by atoms with Crippen LogP contribution in [0, 0.1) is 6.92 Å².